The molecule has 0 aliphatic carbocycles. The van der Waals surface area contributed by atoms with Crippen molar-refractivity contribution < 1.29 is 17.9 Å². The van der Waals surface area contributed by atoms with Crippen molar-refractivity contribution in [2.75, 3.05) is 25.0 Å². The predicted molar refractivity (Wildman–Crippen MR) is 116 cm³/mol. The first kappa shape index (κ1) is 20.9. The molecule has 6 nitrogen and oxygen atoms in total. The highest BCUT2D eigenvalue weighted by atomic mass is 32.2. The average molecular weight is 429 g/mol. The van der Waals surface area contributed by atoms with Crippen molar-refractivity contribution in [2.24, 2.45) is 5.92 Å². The number of carbonyl (C=O) groups is 1. The summed E-state index contributed by atoms with van der Waals surface area (Å²) in [6, 6.07) is 9.51. The topological polar surface area (TPSA) is 75.7 Å². The number of aryl methyl sites for hydroxylation is 3. The Labute approximate surface area is 178 Å². The maximum atomic E-state index is 13.2. The fourth-order valence-electron chi connectivity index (χ4n) is 4.57. The van der Waals surface area contributed by atoms with Gasteiger partial charge in [0, 0.05) is 31.1 Å². The Morgan fingerprint density at radius 2 is 1.73 bits per heavy atom. The molecule has 2 aromatic rings. The molecule has 0 aromatic heterocycles. The van der Waals surface area contributed by atoms with Crippen molar-refractivity contribution in [3.63, 3.8) is 0 Å². The molecule has 0 unspecified atom stereocenters. The van der Waals surface area contributed by atoms with E-state index >= 15 is 0 Å². The summed E-state index contributed by atoms with van der Waals surface area (Å²) in [7, 11) is -3.57. The SMILES string of the molecule is Cc1cc(C)c(S(=O)(=O)N2CCC(C(=O)Nc3ccc4c(c3)CCO4)CC2)c(C)c1. The third kappa shape index (κ3) is 3.96. The van der Waals surface area contributed by atoms with Crippen LogP contribution in [0.4, 0.5) is 5.69 Å². The summed E-state index contributed by atoms with van der Waals surface area (Å²) in [5, 5.41) is 2.99. The molecule has 7 heteroatoms. The van der Waals surface area contributed by atoms with Crippen LogP contribution in [0, 0.1) is 26.7 Å². The number of carbonyl (C=O) groups excluding carboxylic acids is 1. The second kappa shape index (κ2) is 8.04. The summed E-state index contributed by atoms with van der Waals surface area (Å²) in [5.41, 5.74) is 4.47. The second-order valence-electron chi connectivity index (χ2n) is 8.32. The van der Waals surface area contributed by atoms with Crippen molar-refractivity contribution in [3.8, 4) is 5.75 Å². The van der Waals surface area contributed by atoms with E-state index < -0.39 is 10.0 Å². The van der Waals surface area contributed by atoms with E-state index in [1.807, 2.05) is 51.1 Å². The summed E-state index contributed by atoms with van der Waals surface area (Å²) < 4.78 is 33.5. The van der Waals surface area contributed by atoms with Crippen molar-refractivity contribution in [3.05, 3.63) is 52.6 Å². The molecular weight excluding hydrogens is 400 g/mol. The molecule has 2 aromatic carbocycles. The Bertz CT molecular complexity index is 1060. The van der Waals surface area contributed by atoms with Gasteiger partial charge in [-0.2, -0.15) is 4.31 Å². The Kier molecular flexibility index (Phi) is 5.59. The molecule has 0 saturated carbocycles. The van der Waals surface area contributed by atoms with E-state index in [0.29, 0.717) is 37.4 Å². The molecule has 2 aliphatic rings. The van der Waals surface area contributed by atoms with Gasteiger partial charge in [-0.25, -0.2) is 8.42 Å². The first-order valence-corrected chi connectivity index (χ1v) is 11.8. The van der Waals surface area contributed by atoms with Crippen LogP contribution in [0.1, 0.15) is 35.1 Å². The van der Waals surface area contributed by atoms with Crippen LogP contribution in [0.3, 0.4) is 0 Å². The van der Waals surface area contributed by atoms with Crippen LogP contribution in [0.15, 0.2) is 35.2 Å². The summed E-state index contributed by atoms with van der Waals surface area (Å²) in [6.07, 6.45) is 1.89. The number of benzene rings is 2. The number of hydrogen-bond donors (Lipinski definition) is 1. The summed E-state index contributed by atoms with van der Waals surface area (Å²) in [6.45, 7) is 7.04. The van der Waals surface area contributed by atoms with Gasteiger partial charge in [0.25, 0.3) is 0 Å². The van der Waals surface area contributed by atoms with Gasteiger partial charge >= 0.3 is 0 Å². The zero-order valence-electron chi connectivity index (χ0n) is 17.7. The number of nitrogens with one attached hydrogen (secondary N) is 1. The molecule has 1 N–H and O–H groups in total. The molecule has 0 radical (unpaired) electrons. The maximum Gasteiger partial charge on any atom is 0.243 e. The summed E-state index contributed by atoms with van der Waals surface area (Å²) in [5.74, 6) is 0.642. The van der Waals surface area contributed by atoms with Gasteiger partial charge in [0.1, 0.15) is 5.75 Å². The van der Waals surface area contributed by atoms with Crippen molar-refractivity contribution in [2.45, 2.75) is 44.9 Å². The standard InChI is InChI=1S/C23H28N2O4S/c1-15-12-16(2)22(17(3)13-15)30(27,28)25-9-6-18(7-10-25)23(26)24-20-4-5-21-19(14-20)8-11-29-21/h4-5,12-14,18H,6-11H2,1-3H3,(H,24,26). The van der Waals surface area contributed by atoms with Crippen LogP contribution >= 0.6 is 0 Å². The van der Waals surface area contributed by atoms with E-state index in [2.05, 4.69) is 5.32 Å². The normalized spacial score (nSPS) is 17.4. The molecule has 2 aliphatic heterocycles. The van der Waals surface area contributed by atoms with Crippen molar-refractivity contribution in [1.82, 2.24) is 4.31 Å². The number of nitrogens with zero attached hydrogens (tertiary/aromatic N) is 1. The van der Waals surface area contributed by atoms with Gasteiger partial charge in [0.15, 0.2) is 0 Å². The van der Waals surface area contributed by atoms with Gasteiger partial charge < -0.3 is 10.1 Å². The van der Waals surface area contributed by atoms with Crippen LogP contribution in [0.2, 0.25) is 0 Å². The molecule has 0 spiro atoms. The Balaban J connectivity index is 1.41. The van der Waals surface area contributed by atoms with Crippen LogP contribution in [0.5, 0.6) is 5.75 Å². The predicted octanol–water partition coefficient (Wildman–Crippen LogP) is 3.59. The average Bonchev–Trinajstić information content (AvgIpc) is 3.15. The monoisotopic (exact) mass is 428 g/mol. The number of hydrogen-bond acceptors (Lipinski definition) is 4. The minimum Gasteiger partial charge on any atom is -0.493 e. The largest absolute Gasteiger partial charge is 0.493 e. The lowest BCUT2D eigenvalue weighted by Crippen LogP contribution is -2.41. The smallest absolute Gasteiger partial charge is 0.243 e. The van der Waals surface area contributed by atoms with Crippen LogP contribution in [0.25, 0.3) is 0 Å². The highest BCUT2D eigenvalue weighted by molar-refractivity contribution is 7.89. The van der Waals surface area contributed by atoms with Crippen LogP contribution in [-0.4, -0.2) is 38.3 Å². The number of sulfonamides is 1. The van der Waals surface area contributed by atoms with E-state index in [1.54, 1.807) is 0 Å². The molecule has 0 atom stereocenters. The molecule has 1 saturated heterocycles. The van der Waals surface area contributed by atoms with E-state index in [4.69, 9.17) is 4.74 Å². The third-order valence-corrected chi connectivity index (χ3v) is 8.19. The molecule has 0 bridgehead atoms. The third-order valence-electron chi connectivity index (χ3n) is 5.98. The number of fused-ring (bicyclic) bond motifs is 1. The van der Waals surface area contributed by atoms with Crippen molar-refractivity contribution >= 4 is 21.6 Å². The van der Waals surface area contributed by atoms with Crippen LogP contribution in [-0.2, 0) is 21.2 Å². The van der Waals surface area contributed by atoms with Gasteiger partial charge in [-0.15, -0.1) is 0 Å². The van der Waals surface area contributed by atoms with Gasteiger partial charge in [0.2, 0.25) is 15.9 Å². The molecule has 1 fully saturated rings. The first-order valence-electron chi connectivity index (χ1n) is 10.4. The Morgan fingerprint density at radius 1 is 1.07 bits per heavy atom. The minimum atomic E-state index is -3.57. The minimum absolute atomic E-state index is 0.0476. The van der Waals surface area contributed by atoms with Gasteiger partial charge in [-0.1, -0.05) is 17.7 Å². The summed E-state index contributed by atoms with van der Waals surface area (Å²) >= 11 is 0. The lowest BCUT2D eigenvalue weighted by atomic mass is 9.97. The lowest BCUT2D eigenvalue weighted by molar-refractivity contribution is -0.120. The second-order valence-corrected chi connectivity index (χ2v) is 10.2. The number of amides is 1. The van der Waals surface area contributed by atoms with E-state index in [-0.39, 0.29) is 11.8 Å². The van der Waals surface area contributed by atoms with E-state index in [0.717, 1.165) is 40.1 Å². The van der Waals surface area contributed by atoms with E-state index in [1.165, 1.54) is 4.31 Å². The number of anilines is 1. The number of ether oxygens (including phenoxy) is 1. The van der Waals surface area contributed by atoms with Crippen molar-refractivity contribution in [1.29, 1.82) is 0 Å². The quantitative estimate of drug-likeness (QED) is 0.808. The lowest BCUT2D eigenvalue weighted by Gasteiger charge is -2.31. The highest BCUT2D eigenvalue weighted by Crippen LogP contribution is 2.31. The van der Waals surface area contributed by atoms with Gasteiger partial charge in [0.05, 0.1) is 11.5 Å². The number of piperidine rings is 1. The molecule has 160 valence electrons. The molecule has 30 heavy (non-hydrogen) atoms. The summed E-state index contributed by atoms with van der Waals surface area (Å²) in [4.78, 5) is 13.1. The molecular formula is C23H28N2O4S. The molecule has 2 heterocycles. The fraction of sp³-hybridized carbons (Fsp3) is 0.435. The Morgan fingerprint density at radius 3 is 2.40 bits per heavy atom. The van der Waals surface area contributed by atoms with Crippen LogP contribution < -0.4 is 10.1 Å². The molecule has 1 amide bonds. The Hall–Kier alpha value is -2.38. The highest BCUT2D eigenvalue weighted by Gasteiger charge is 2.33. The van der Waals surface area contributed by atoms with Gasteiger partial charge in [-0.3, -0.25) is 4.79 Å². The first-order chi connectivity index (χ1) is 14.3. The zero-order chi connectivity index (χ0) is 21.5. The fourth-order valence-corrected chi connectivity index (χ4v) is 6.45. The van der Waals surface area contributed by atoms with Gasteiger partial charge in [-0.05, 0) is 68.5 Å². The molecule has 4 rings (SSSR count). The van der Waals surface area contributed by atoms with E-state index in [9.17, 15) is 13.2 Å². The maximum absolute atomic E-state index is 13.2. The zero-order valence-corrected chi connectivity index (χ0v) is 18.5. The number of rotatable bonds is 4.